The van der Waals surface area contributed by atoms with E-state index in [1.807, 2.05) is 44.2 Å². The van der Waals surface area contributed by atoms with Crippen molar-refractivity contribution in [2.24, 2.45) is 5.92 Å². The second-order valence-electron chi connectivity index (χ2n) is 6.56. The monoisotopic (exact) mass is 343 g/mol. The van der Waals surface area contributed by atoms with Gasteiger partial charge in [-0.25, -0.2) is 4.79 Å². The molecule has 0 unspecified atom stereocenters. The van der Waals surface area contributed by atoms with Crippen LogP contribution in [0.25, 0.3) is 0 Å². The number of carbonyl (C=O) groups is 2. The molecule has 1 amide bonds. The van der Waals surface area contributed by atoms with E-state index >= 15 is 0 Å². The van der Waals surface area contributed by atoms with E-state index in [9.17, 15) is 9.59 Å². The highest BCUT2D eigenvalue weighted by molar-refractivity contribution is 6.03. The summed E-state index contributed by atoms with van der Waals surface area (Å²) in [5, 5.41) is 9.58. The summed E-state index contributed by atoms with van der Waals surface area (Å²) in [6.45, 7) is 7.75. The predicted molar refractivity (Wildman–Crippen MR) is 95.4 cm³/mol. The van der Waals surface area contributed by atoms with Crippen molar-refractivity contribution in [3.05, 3.63) is 52.8 Å². The highest BCUT2D eigenvalue weighted by atomic mass is 16.5. The fourth-order valence-corrected chi connectivity index (χ4v) is 2.70. The van der Waals surface area contributed by atoms with Crippen LogP contribution in [0.2, 0.25) is 0 Å². The Labute approximate surface area is 148 Å². The van der Waals surface area contributed by atoms with Crippen LogP contribution in [0.5, 0.6) is 0 Å². The number of ether oxygens (including phenoxy) is 1. The van der Waals surface area contributed by atoms with Crippen LogP contribution in [0.3, 0.4) is 0 Å². The van der Waals surface area contributed by atoms with E-state index in [2.05, 4.69) is 15.5 Å². The van der Waals surface area contributed by atoms with Crippen LogP contribution in [0.4, 0.5) is 4.79 Å². The predicted octanol–water partition coefficient (Wildman–Crippen LogP) is 3.55. The molecular weight excluding hydrogens is 318 g/mol. The third-order valence-electron chi connectivity index (χ3n) is 3.90. The van der Waals surface area contributed by atoms with Crippen molar-refractivity contribution in [3.8, 4) is 0 Å². The van der Waals surface area contributed by atoms with E-state index in [1.165, 1.54) is 0 Å². The lowest BCUT2D eigenvalue weighted by Crippen LogP contribution is -2.42. The van der Waals surface area contributed by atoms with Gasteiger partial charge in [0.05, 0.1) is 17.3 Å². The van der Waals surface area contributed by atoms with Crippen LogP contribution in [-0.2, 0) is 11.3 Å². The minimum Gasteiger partial charge on any atom is -0.445 e. The number of benzene rings is 1. The minimum atomic E-state index is -0.640. The number of hydrogen-bond donors (Lipinski definition) is 2. The van der Waals surface area contributed by atoms with Gasteiger partial charge < -0.3 is 10.1 Å². The quantitative estimate of drug-likeness (QED) is 0.753. The lowest BCUT2D eigenvalue weighted by Gasteiger charge is -2.19. The number of amides is 1. The molecule has 0 radical (unpaired) electrons. The third-order valence-corrected chi connectivity index (χ3v) is 3.90. The first-order valence-electron chi connectivity index (χ1n) is 8.41. The molecule has 1 aromatic heterocycles. The Balaban J connectivity index is 2.04. The number of aryl methyl sites for hydroxylation is 2. The Bertz CT molecular complexity index is 703. The number of aromatic nitrogens is 2. The smallest absolute Gasteiger partial charge is 0.408 e. The summed E-state index contributed by atoms with van der Waals surface area (Å²) in [5.74, 6) is 0.102. The maximum atomic E-state index is 12.9. The summed E-state index contributed by atoms with van der Waals surface area (Å²) < 4.78 is 5.24. The van der Waals surface area contributed by atoms with Gasteiger partial charge in [-0.2, -0.15) is 5.10 Å². The average molecular weight is 343 g/mol. The number of carbonyl (C=O) groups excluding carboxylic acids is 2. The van der Waals surface area contributed by atoms with Crippen molar-refractivity contribution in [1.29, 1.82) is 0 Å². The van der Waals surface area contributed by atoms with Crippen LogP contribution >= 0.6 is 0 Å². The molecule has 0 saturated heterocycles. The van der Waals surface area contributed by atoms with Gasteiger partial charge in [-0.3, -0.25) is 9.89 Å². The summed E-state index contributed by atoms with van der Waals surface area (Å²) in [7, 11) is 0. The fraction of sp³-hybridized carbons (Fsp3) is 0.421. The van der Waals surface area contributed by atoms with Crippen LogP contribution in [0.1, 0.15) is 47.6 Å². The number of nitrogens with zero attached hydrogens (tertiary/aromatic N) is 1. The van der Waals surface area contributed by atoms with Gasteiger partial charge in [0.1, 0.15) is 6.61 Å². The Morgan fingerprint density at radius 2 is 1.88 bits per heavy atom. The number of alkyl carbamates (subject to hydrolysis) is 1. The van der Waals surface area contributed by atoms with Crippen molar-refractivity contribution in [2.45, 2.75) is 46.8 Å². The van der Waals surface area contributed by atoms with Gasteiger partial charge in [-0.05, 0) is 31.7 Å². The largest absolute Gasteiger partial charge is 0.445 e. The van der Waals surface area contributed by atoms with E-state index in [1.54, 1.807) is 13.8 Å². The molecule has 0 spiro atoms. The molecule has 2 rings (SSSR count). The maximum Gasteiger partial charge on any atom is 0.408 e. The Kier molecular flexibility index (Phi) is 6.33. The van der Waals surface area contributed by atoms with Crippen LogP contribution in [0, 0.1) is 19.8 Å². The first kappa shape index (κ1) is 18.7. The van der Waals surface area contributed by atoms with Crippen LogP contribution in [0.15, 0.2) is 30.3 Å². The zero-order valence-corrected chi connectivity index (χ0v) is 15.1. The normalized spacial score (nSPS) is 12.0. The Hall–Kier alpha value is -2.63. The number of H-pyrrole nitrogens is 1. The van der Waals surface area contributed by atoms with Gasteiger partial charge in [0, 0.05) is 5.69 Å². The maximum absolute atomic E-state index is 12.9. The molecule has 134 valence electrons. The highest BCUT2D eigenvalue weighted by Crippen LogP contribution is 2.16. The second kappa shape index (κ2) is 8.46. The van der Waals surface area contributed by atoms with Gasteiger partial charge in [0.25, 0.3) is 0 Å². The van der Waals surface area contributed by atoms with Crippen molar-refractivity contribution >= 4 is 11.9 Å². The summed E-state index contributed by atoms with van der Waals surface area (Å²) in [5.41, 5.74) is 2.77. The van der Waals surface area contributed by atoms with Crippen molar-refractivity contribution in [2.75, 3.05) is 0 Å². The first-order chi connectivity index (χ1) is 11.9. The summed E-state index contributed by atoms with van der Waals surface area (Å²) >= 11 is 0. The molecule has 0 fully saturated rings. The summed E-state index contributed by atoms with van der Waals surface area (Å²) in [6, 6.07) is 8.78. The number of rotatable bonds is 7. The van der Waals surface area contributed by atoms with Crippen LogP contribution in [-0.4, -0.2) is 28.1 Å². The van der Waals surface area contributed by atoms with Gasteiger partial charge >= 0.3 is 6.09 Å². The number of ketones is 1. The van der Waals surface area contributed by atoms with Crippen LogP contribution < -0.4 is 5.32 Å². The molecule has 1 heterocycles. The molecule has 0 saturated carbocycles. The first-order valence-corrected chi connectivity index (χ1v) is 8.41. The topological polar surface area (TPSA) is 84.1 Å². The van der Waals surface area contributed by atoms with E-state index in [0.29, 0.717) is 23.4 Å². The molecule has 0 aliphatic heterocycles. The number of Topliss-reactive ketones (excluding diaryl/α,β-unsaturated/α-hetero) is 1. The number of hydrogen-bond acceptors (Lipinski definition) is 4. The minimum absolute atomic E-state index is 0.144. The van der Waals surface area contributed by atoms with Crippen molar-refractivity contribution < 1.29 is 14.3 Å². The molecule has 0 aliphatic carbocycles. The molecule has 6 heteroatoms. The lowest BCUT2D eigenvalue weighted by atomic mass is 9.95. The molecule has 1 atom stereocenters. The van der Waals surface area contributed by atoms with Gasteiger partial charge in [-0.15, -0.1) is 0 Å². The van der Waals surface area contributed by atoms with E-state index in [0.717, 1.165) is 5.56 Å². The standard InChI is InChI=1S/C19H25N3O3/c1-12(2)10-16(18(23)17-13(3)21-22-14(17)4)20-19(24)25-11-15-8-6-5-7-9-15/h5-9,12,16H,10-11H2,1-4H3,(H,20,24)(H,21,22)/t16-/m1/s1. The molecule has 2 aromatic rings. The molecular formula is C19H25N3O3. The Morgan fingerprint density at radius 3 is 2.44 bits per heavy atom. The molecule has 6 nitrogen and oxygen atoms in total. The third kappa shape index (κ3) is 5.17. The SMILES string of the molecule is Cc1n[nH]c(C)c1C(=O)[C@@H](CC(C)C)NC(=O)OCc1ccccc1. The van der Waals surface area contributed by atoms with Crippen molar-refractivity contribution in [1.82, 2.24) is 15.5 Å². The second-order valence-corrected chi connectivity index (χ2v) is 6.56. The van der Waals surface area contributed by atoms with E-state index in [4.69, 9.17) is 4.74 Å². The zero-order valence-electron chi connectivity index (χ0n) is 15.1. The molecule has 0 aliphatic rings. The zero-order chi connectivity index (χ0) is 18.4. The number of nitrogens with one attached hydrogen (secondary N) is 2. The van der Waals surface area contributed by atoms with Gasteiger partial charge in [0.2, 0.25) is 0 Å². The van der Waals surface area contributed by atoms with E-state index < -0.39 is 12.1 Å². The highest BCUT2D eigenvalue weighted by Gasteiger charge is 2.27. The molecule has 1 aromatic carbocycles. The number of aromatic amines is 1. The molecule has 0 bridgehead atoms. The molecule has 25 heavy (non-hydrogen) atoms. The summed E-state index contributed by atoms with van der Waals surface area (Å²) in [4.78, 5) is 25.0. The molecule has 2 N–H and O–H groups in total. The summed E-state index contributed by atoms with van der Waals surface area (Å²) in [6.07, 6.45) is -0.0646. The Morgan fingerprint density at radius 1 is 1.20 bits per heavy atom. The average Bonchev–Trinajstić information content (AvgIpc) is 2.91. The lowest BCUT2D eigenvalue weighted by molar-refractivity contribution is 0.0901. The van der Waals surface area contributed by atoms with E-state index in [-0.39, 0.29) is 18.3 Å². The van der Waals surface area contributed by atoms with Crippen molar-refractivity contribution in [3.63, 3.8) is 0 Å². The van der Waals surface area contributed by atoms with Gasteiger partial charge in [0.15, 0.2) is 5.78 Å². The fourth-order valence-electron chi connectivity index (χ4n) is 2.70. The van der Waals surface area contributed by atoms with Gasteiger partial charge in [-0.1, -0.05) is 44.2 Å².